The molecule has 0 radical (unpaired) electrons. The second-order valence-electron chi connectivity index (χ2n) is 6.35. The monoisotopic (exact) mass is 393 g/mol. The van der Waals surface area contributed by atoms with Crippen molar-refractivity contribution in [3.8, 4) is 0 Å². The number of nitrogens with zero attached hydrogens (tertiary/aromatic N) is 1. The maximum Gasteiger partial charge on any atom is 0.408 e. The molecule has 2 aromatic carbocycles. The Kier molecular flexibility index (Phi) is 6.52. The van der Waals surface area contributed by atoms with Crippen LogP contribution in [0.5, 0.6) is 0 Å². The number of carbonyl (C=O) groups excluding carboxylic acids is 2. The van der Waals surface area contributed by atoms with Crippen molar-refractivity contribution in [2.45, 2.75) is 19.6 Å². The minimum Gasteiger partial charge on any atom is -0.442 e. The molecule has 0 aliphatic rings. The quantitative estimate of drug-likeness (QED) is 0.648. The van der Waals surface area contributed by atoms with Gasteiger partial charge in [-0.2, -0.15) is 0 Å². The number of ether oxygens (including phenoxy) is 1. The zero-order chi connectivity index (χ0) is 20.6. The number of benzene rings is 2. The van der Waals surface area contributed by atoms with Crippen LogP contribution in [0.15, 0.2) is 73.1 Å². The maximum absolute atomic E-state index is 13.2. The summed E-state index contributed by atoms with van der Waals surface area (Å²) in [5.41, 5.74) is 2.49. The van der Waals surface area contributed by atoms with Gasteiger partial charge in [0.25, 0.3) is 5.91 Å². The van der Waals surface area contributed by atoms with Crippen LogP contribution in [0.25, 0.3) is 0 Å². The predicted octanol–water partition coefficient (Wildman–Crippen LogP) is 4.46. The first-order valence-corrected chi connectivity index (χ1v) is 9.01. The van der Waals surface area contributed by atoms with Crippen LogP contribution in [0.4, 0.5) is 14.9 Å². The number of amides is 2. The van der Waals surface area contributed by atoms with Gasteiger partial charge in [0.15, 0.2) is 0 Å². The van der Waals surface area contributed by atoms with Gasteiger partial charge in [-0.05, 0) is 42.8 Å². The van der Waals surface area contributed by atoms with E-state index in [1.165, 1.54) is 12.3 Å². The lowest BCUT2D eigenvalue weighted by Crippen LogP contribution is -2.25. The third-order valence-electron chi connectivity index (χ3n) is 4.16. The largest absolute Gasteiger partial charge is 0.442 e. The standard InChI is InChI=1S/C22H20FN3O3/c1-15(18-11-19(23)14-24-13-18)29-22(28)25-12-16-7-9-17(10-8-16)21(27)26-20-5-3-2-4-6-20/h2-11,13-15H,12H2,1H3,(H,25,28)(H,26,27). The number of halogens is 1. The van der Waals surface area contributed by atoms with E-state index in [0.717, 1.165) is 11.8 Å². The van der Waals surface area contributed by atoms with Gasteiger partial charge in [0.2, 0.25) is 0 Å². The van der Waals surface area contributed by atoms with Gasteiger partial charge in [-0.1, -0.05) is 30.3 Å². The Morgan fingerprint density at radius 1 is 1.07 bits per heavy atom. The third kappa shape index (κ3) is 5.87. The molecule has 2 N–H and O–H groups in total. The van der Waals surface area contributed by atoms with Crippen LogP contribution >= 0.6 is 0 Å². The third-order valence-corrected chi connectivity index (χ3v) is 4.16. The van der Waals surface area contributed by atoms with Crippen molar-refractivity contribution in [2.75, 3.05) is 5.32 Å². The van der Waals surface area contributed by atoms with Crippen LogP contribution in [0.3, 0.4) is 0 Å². The lowest BCUT2D eigenvalue weighted by atomic mass is 10.1. The number of rotatable bonds is 6. The Bertz CT molecular complexity index is 978. The van der Waals surface area contributed by atoms with Gasteiger partial charge in [-0.15, -0.1) is 0 Å². The Balaban J connectivity index is 1.49. The number of hydrogen-bond acceptors (Lipinski definition) is 4. The lowest BCUT2D eigenvalue weighted by Gasteiger charge is -2.14. The van der Waals surface area contributed by atoms with Gasteiger partial charge in [-0.3, -0.25) is 9.78 Å². The molecule has 148 valence electrons. The number of para-hydroxylation sites is 1. The summed E-state index contributed by atoms with van der Waals surface area (Å²) >= 11 is 0. The van der Waals surface area contributed by atoms with Crippen LogP contribution in [-0.2, 0) is 11.3 Å². The van der Waals surface area contributed by atoms with Crippen LogP contribution in [0.1, 0.15) is 34.5 Å². The summed E-state index contributed by atoms with van der Waals surface area (Å²) in [5.74, 6) is -0.706. The van der Waals surface area contributed by atoms with Crippen molar-refractivity contribution in [2.24, 2.45) is 0 Å². The van der Waals surface area contributed by atoms with Gasteiger partial charge in [0.1, 0.15) is 11.9 Å². The molecule has 0 aliphatic carbocycles. The van der Waals surface area contributed by atoms with Crippen molar-refractivity contribution >= 4 is 17.7 Å². The minimum absolute atomic E-state index is 0.215. The highest BCUT2D eigenvalue weighted by atomic mass is 19.1. The van der Waals surface area contributed by atoms with Crippen LogP contribution in [-0.4, -0.2) is 17.0 Å². The zero-order valence-corrected chi connectivity index (χ0v) is 15.8. The summed E-state index contributed by atoms with van der Waals surface area (Å²) in [6.07, 6.45) is 1.26. The fourth-order valence-corrected chi connectivity index (χ4v) is 2.59. The van der Waals surface area contributed by atoms with E-state index in [1.807, 2.05) is 30.3 Å². The fraction of sp³-hybridized carbons (Fsp3) is 0.136. The van der Waals surface area contributed by atoms with Gasteiger partial charge >= 0.3 is 6.09 Å². The van der Waals surface area contributed by atoms with E-state index in [4.69, 9.17) is 4.74 Å². The van der Waals surface area contributed by atoms with Crippen LogP contribution in [0, 0.1) is 5.82 Å². The smallest absolute Gasteiger partial charge is 0.408 e. The van der Waals surface area contributed by atoms with Crippen molar-refractivity contribution in [3.05, 3.63) is 95.6 Å². The topological polar surface area (TPSA) is 80.3 Å². The van der Waals surface area contributed by atoms with E-state index in [9.17, 15) is 14.0 Å². The highest BCUT2D eigenvalue weighted by Gasteiger charge is 2.13. The first kappa shape index (κ1) is 20.0. The van der Waals surface area contributed by atoms with Crippen LogP contribution < -0.4 is 10.6 Å². The molecule has 3 rings (SSSR count). The number of anilines is 1. The summed E-state index contributed by atoms with van der Waals surface area (Å²) in [7, 11) is 0. The fourth-order valence-electron chi connectivity index (χ4n) is 2.59. The highest BCUT2D eigenvalue weighted by Crippen LogP contribution is 2.16. The van der Waals surface area contributed by atoms with E-state index in [1.54, 1.807) is 31.2 Å². The molecule has 1 heterocycles. The van der Waals surface area contributed by atoms with E-state index >= 15 is 0 Å². The number of aromatic nitrogens is 1. The zero-order valence-electron chi connectivity index (χ0n) is 15.8. The van der Waals surface area contributed by atoms with Crippen molar-refractivity contribution in [1.82, 2.24) is 10.3 Å². The lowest BCUT2D eigenvalue weighted by molar-refractivity contribution is 0.102. The normalized spacial score (nSPS) is 11.4. The van der Waals surface area contributed by atoms with E-state index in [0.29, 0.717) is 16.8 Å². The van der Waals surface area contributed by atoms with Gasteiger partial charge < -0.3 is 15.4 Å². The number of pyridine rings is 1. The summed E-state index contributed by atoms with van der Waals surface area (Å²) < 4.78 is 18.4. The molecule has 1 unspecified atom stereocenters. The molecule has 0 spiro atoms. The number of nitrogens with one attached hydrogen (secondary N) is 2. The van der Waals surface area contributed by atoms with Gasteiger partial charge in [0, 0.05) is 29.6 Å². The molecule has 29 heavy (non-hydrogen) atoms. The molecule has 0 bridgehead atoms. The number of carbonyl (C=O) groups is 2. The Hall–Kier alpha value is -3.74. The van der Waals surface area contributed by atoms with Gasteiger partial charge in [-0.25, -0.2) is 9.18 Å². The second-order valence-corrected chi connectivity index (χ2v) is 6.35. The molecule has 1 aromatic heterocycles. The molecular formula is C22H20FN3O3. The van der Waals surface area contributed by atoms with Crippen molar-refractivity contribution in [3.63, 3.8) is 0 Å². The van der Waals surface area contributed by atoms with E-state index < -0.39 is 18.0 Å². The molecule has 0 aliphatic heterocycles. The summed E-state index contributed by atoms with van der Waals surface area (Å²) in [6, 6.07) is 17.3. The predicted molar refractivity (Wildman–Crippen MR) is 107 cm³/mol. The summed E-state index contributed by atoms with van der Waals surface area (Å²) in [5, 5.41) is 5.44. The Labute approximate surface area is 167 Å². The Morgan fingerprint density at radius 3 is 2.48 bits per heavy atom. The molecule has 7 heteroatoms. The molecular weight excluding hydrogens is 373 g/mol. The Morgan fingerprint density at radius 2 is 1.79 bits per heavy atom. The van der Waals surface area contributed by atoms with Crippen molar-refractivity contribution in [1.29, 1.82) is 0 Å². The number of alkyl carbamates (subject to hydrolysis) is 1. The minimum atomic E-state index is -0.637. The van der Waals surface area contributed by atoms with E-state index in [-0.39, 0.29) is 12.5 Å². The molecule has 0 saturated carbocycles. The average molecular weight is 393 g/mol. The first-order chi connectivity index (χ1) is 14.0. The first-order valence-electron chi connectivity index (χ1n) is 9.01. The van der Waals surface area contributed by atoms with Crippen LogP contribution in [0.2, 0.25) is 0 Å². The number of hydrogen-bond donors (Lipinski definition) is 2. The van der Waals surface area contributed by atoms with Crippen molar-refractivity contribution < 1.29 is 18.7 Å². The molecule has 0 saturated heterocycles. The molecule has 0 fully saturated rings. The second kappa shape index (κ2) is 9.45. The van der Waals surface area contributed by atoms with E-state index in [2.05, 4.69) is 15.6 Å². The average Bonchev–Trinajstić information content (AvgIpc) is 2.73. The summed E-state index contributed by atoms with van der Waals surface area (Å²) in [6.45, 7) is 1.86. The molecule has 6 nitrogen and oxygen atoms in total. The van der Waals surface area contributed by atoms with Gasteiger partial charge in [0.05, 0.1) is 6.20 Å². The summed E-state index contributed by atoms with van der Waals surface area (Å²) in [4.78, 5) is 27.9. The molecule has 2 amide bonds. The molecule has 3 aromatic rings. The SMILES string of the molecule is CC(OC(=O)NCc1ccc(C(=O)Nc2ccccc2)cc1)c1cncc(F)c1. The highest BCUT2D eigenvalue weighted by molar-refractivity contribution is 6.04. The maximum atomic E-state index is 13.2. The molecule has 1 atom stereocenters.